The number of esters is 1. The van der Waals surface area contributed by atoms with Crippen molar-refractivity contribution in [1.82, 2.24) is 35.1 Å². The standard InChI is InChI=1S/C48H82N8O7/c1-13-41-48(9,59)45-34(5)54(12)28-32(3)44(63-45)43(57)39(22-17-31(2)46(58)62-41)61-42-27-38(26-33(4)60-42)53(11)25-23-36(50-10)29-55(49)24-15-14-16-35-18-20-37(21-19-35)56-30-40(51-52-56)47(6,7)8/h18-21,29-34,38-39,41-45,50,57,59H,13-17,22-28,49H2,1-12H3/b36-29-/t31-,32+,33-,34-,38+,39-,41-,42+,43+,44?,45-,48-/m1/s1. The molecular formula is C48H82N8O7. The molecule has 3 aliphatic heterocycles. The number of hydrogen-bond donors (Lipinski definition) is 4. The summed E-state index contributed by atoms with van der Waals surface area (Å²) in [5, 5.41) is 38.0. The van der Waals surface area contributed by atoms with Gasteiger partial charge in [-0.1, -0.05) is 58.9 Å². The highest BCUT2D eigenvalue weighted by molar-refractivity contribution is 5.72. The van der Waals surface area contributed by atoms with Gasteiger partial charge >= 0.3 is 5.97 Å². The molecule has 356 valence electrons. The maximum Gasteiger partial charge on any atom is 0.309 e. The van der Waals surface area contributed by atoms with Gasteiger partial charge in [-0.05, 0) is 103 Å². The number of hydrazine groups is 1. The van der Waals surface area contributed by atoms with Gasteiger partial charge in [0.25, 0.3) is 0 Å². The van der Waals surface area contributed by atoms with Crippen molar-refractivity contribution in [2.75, 3.05) is 40.8 Å². The topological polar surface area (TPSA) is 173 Å². The van der Waals surface area contributed by atoms with E-state index < -0.39 is 48.3 Å². The number of carbonyl (C=O) groups is 1. The van der Waals surface area contributed by atoms with Crippen molar-refractivity contribution in [3.05, 3.63) is 53.6 Å². The van der Waals surface area contributed by atoms with E-state index in [4.69, 9.17) is 24.8 Å². The number of aryl methyl sites for hydroxylation is 1. The Balaban J connectivity index is 1.15. The number of nitrogens with one attached hydrogen (secondary N) is 1. The molecule has 5 N–H and O–H groups in total. The van der Waals surface area contributed by atoms with Crippen LogP contribution in [0.4, 0.5) is 0 Å². The van der Waals surface area contributed by atoms with Crippen molar-refractivity contribution in [3.8, 4) is 5.69 Å². The first-order valence-corrected chi connectivity index (χ1v) is 23.6. The fraction of sp³-hybridized carbons (Fsp3) is 0.771. The number of cyclic esters (lactones) is 1. The number of aliphatic hydroxyl groups excluding tert-OH is 1. The average Bonchev–Trinajstić information content (AvgIpc) is 3.71. The van der Waals surface area contributed by atoms with E-state index >= 15 is 0 Å². The Morgan fingerprint density at radius 1 is 1.10 bits per heavy atom. The number of nitrogens with zero attached hydrogens (tertiary/aromatic N) is 6. The number of nitrogens with two attached hydrogens (primary N) is 1. The predicted octanol–water partition coefficient (Wildman–Crippen LogP) is 5.31. The smallest absolute Gasteiger partial charge is 0.309 e. The number of aromatic nitrogens is 3. The van der Waals surface area contributed by atoms with Crippen molar-refractivity contribution in [2.24, 2.45) is 17.7 Å². The van der Waals surface area contributed by atoms with Crippen LogP contribution in [0, 0.1) is 11.8 Å². The highest BCUT2D eigenvalue weighted by Crippen LogP contribution is 2.37. The van der Waals surface area contributed by atoms with E-state index in [0.717, 1.165) is 62.3 Å². The van der Waals surface area contributed by atoms with Gasteiger partial charge in [0.1, 0.15) is 23.9 Å². The van der Waals surface area contributed by atoms with E-state index in [2.05, 4.69) is 91.4 Å². The Bertz CT molecular complexity index is 1750. The number of rotatable bonds is 15. The van der Waals surface area contributed by atoms with E-state index in [0.29, 0.717) is 32.2 Å². The minimum absolute atomic E-state index is 0.0424. The van der Waals surface area contributed by atoms with Crippen molar-refractivity contribution in [2.45, 2.75) is 186 Å². The predicted molar refractivity (Wildman–Crippen MR) is 246 cm³/mol. The van der Waals surface area contributed by atoms with Gasteiger partial charge in [-0.25, -0.2) is 10.5 Å². The maximum atomic E-state index is 13.4. The zero-order valence-electron chi connectivity index (χ0n) is 40.5. The van der Waals surface area contributed by atoms with Crippen molar-refractivity contribution < 1.29 is 34.0 Å². The first-order valence-electron chi connectivity index (χ1n) is 23.6. The van der Waals surface area contributed by atoms with Crippen molar-refractivity contribution in [3.63, 3.8) is 0 Å². The quantitative estimate of drug-likeness (QED) is 0.0785. The first kappa shape index (κ1) is 50.8. The molecule has 3 aliphatic rings. The molecule has 0 amide bonds. The normalized spacial score (nSPS) is 33.0. The molecule has 0 saturated carbocycles. The molecule has 0 spiro atoms. The van der Waals surface area contributed by atoms with Crippen LogP contribution in [-0.2, 0) is 35.6 Å². The summed E-state index contributed by atoms with van der Waals surface area (Å²) in [6.45, 7) is 20.2. The molecule has 5 rings (SSSR count). The van der Waals surface area contributed by atoms with Gasteiger partial charge in [0.15, 0.2) is 6.29 Å². The summed E-state index contributed by atoms with van der Waals surface area (Å²) in [5.74, 6) is 5.59. The number of unbranched alkanes of at least 4 members (excludes halogenated alkanes) is 1. The first-order chi connectivity index (χ1) is 29.7. The molecule has 1 unspecified atom stereocenters. The summed E-state index contributed by atoms with van der Waals surface area (Å²) in [6.07, 6.45) is 6.12. The second kappa shape index (κ2) is 22.4. The molecule has 1 aromatic heterocycles. The van der Waals surface area contributed by atoms with Crippen LogP contribution in [0.3, 0.4) is 0 Å². The molecule has 15 nitrogen and oxygen atoms in total. The van der Waals surface area contributed by atoms with E-state index in [9.17, 15) is 15.0 Å². The van der Waals surface area contributed by atoms with Crippen LogP contribution in [-0.4, -0.2) is 147 Å². The van der Waals surface area contributed by atoms with E-state index in [1.165, 1.54) is 5.56 Å². The minimum Gasteiger partial charge on any atom is -0.459 e. The molecule has 1 aromatic carbocycles. The maximum absolute atomic E-state index is 13.4. The van der Waals surface area contributed by atoms with Crippen LogP contribution < -0.4 is 11.2 Å². The van der Waals surface area contributed by atoms with Crippen LogP contribution in [0.25, 0.3) is 5.69 Å². The van der Waals surface area contributed by atoms with Gasteiger partial charge in [0.05, 0.1) is 41.8 Å². The molecule has 0 radical (unpaired) electrons. The molecule has 2 bridgehead atoms. The van der Waals surface area contributed by atoms with E-state index in [1.54, 1.807) is 11.9 Å². The number of ether oxygens (including phenoxy) is 4. The number of fused-ring (bicyclic) bond motifs is 2. The van der Waals surface area contributed by atoms with Gasteiger partial charge in [0.2, 0.25) is 0 Å². The van der Waals surface area contributed by atoms with Gasteiger partial charge in [0, 0.05) is 68.9 Å². The molecule has 2 aromatic rings. The lowest BCUT2D eigenvalue weighted by atomic mass is 9.85. The zero-order chi connectivity index (χ0) is 46.2. The Labute approximate surface area is 378 Å². The number of hydrogen-bond acceptors (Lipinski definition) is 14. The number of benzene rings is 1. The third kappa shape index (κ3) is 13.5. The van der Waals surface area contributed by atoms with Gasteiger partial charge in [-0.3, -0.25) is 4.79 Å². The second-order valence-electron chi connectivity index (χ2n) is 20.2. The van der Waals surface area contributed by atoms with Crippen molar-refractivity contribution in [1.29, 1.82) is 0 Å². The average molecular weight is 883 g/mol. The van der Waals surface area contributed by atoms with Gasteiger partial charge in [-0.2, -0.15) is 0 Å². The Hall–Kier alpha value is -3.15. The number of carbonyl (C=O) groups excluding carboxylic acids is 1. The summed E-state index contributed by atoms with van der Waals surface area (Å²) in [4.78, 5) is 17.9. The van der Waals surface area contributed by atoms with Crippen molar-refractivity contribution >= 4 is 5.97 Å². The molecule has 3 saturated heterocycles. The van der Waals surface area contributed by atoms with Gasteiger partial charge < -0.3 is 49.3 Å². The van der Waals surface area contributed by atoms with Crippen LogP contribution in [0.5, 0.6) is 0 Å². The Morgan fingerprint density at radius 2 is 1.81 bits per heavy atom. The fourth-order valence-electron chi connectivity index (χ4n) is 9.42. The number of likely N-dealkylation sites (N-methyl/N-ethyl adjacent to an activating group) is 1. The lowest BCUT2D eigenvalue weighted by Crippen LogP contribution is -2.60. The van der Waals surface area contributed by atoms with Crippen LogP contribution >= 0.6 is 0 Å². The summed E-state index contributed by atoms with van der Waals surface area (Å²) >= 11 is 0. The Morgan fingerprint density at radius 3 is 2.46 bits per heavy atom. The molecule has 12 atom stereocenters. The zero-order valence-corrected chi connectivity index (χ0v) is 40.5. The van der Waals surface area contributed by atoms with E-state index in [-0.39, 0.29) is 35.5 Å². The monoisotopic (exact) mass is 883 g/mol. The van der Waals surface area contributed by atoms with E-state index in [1.807, 2.05) is 51.9 Å². The fourth-order valence-corrected chi connectivity index (χ4v) is 9.42. The van der Waals surface area contributed by atoms with Crippen LogP contribution in [0.1, 0.15) is 125 Å². The van der Waals surface area contributed by atoms with Crippen LogP contribution in [0.15, 0.2) is 42.4 Å². The highest BCUT2D eigenvalue weighted by Gasteiger charge is 2.51. The summed E-state index contributed by atoms with van der Waals surface area (Å²) < 4.78 is 27.8. The molecule has 3 fully saturated rings. The third-order valence-corrected chi connectivity index (χ3v) is 13.8. The SMILES string of the molecule is CC[C@H]1OC(=O)[C@H](C)CC[C@@H](O[C@H]2C[C@@H](N(C)CC/C(=C/N(N)CCCCc3ccc(-n4cc(C(C)(C)C)nn4)cc3)NC)C[C@@H](C)O2)[C@H](O)C2O[C@H]([C@@H](C)N(C)C[C@@H]2C)[C@]1(C)O. The highest BCUT2D eigenvalue weighted by atomic mass is 16.7. The number of aliphatic hydroxyl groups is 2. The largest absolute Gasteiger partial charge is 0.459 e. The lowest BCUT2D eigenvalue weighted by Gasteiger charge is -2.45. The molecular weight excluding hydrogens is 801 g/mol. The summed E-state index contributed by atoms with van der Waals surface area (Å²) in [6, 6.07) is 8.50. The van der Waals surface area contributed by atoms with Crippen LogP contribution in [0.2, 0.25) is 0 Å². The molecule has 4 heterocycles. The molecule has 0 aliphatic carbocycles. The molecule has 63 heavy (non-hydrogen) atoms. The summed E-state index contributed by atoms with van der Waals surface area (Å²) in [7, 11) is 6.08. The van der Waals surface area contributed by atoms with Gasteiger partial charge in [-0.15, -0.1) is 5.10 Å². The molecule has 15 heteroatoms. The third-order valence-electron chi connectivity index (χ3n) is 13.8. The Kier molecular flexibility index (Phi) is 18.0. The minimum atomic E-state index is -1.49. The summed E-state index contributed by atoms with van der Waals surface area (Å²) in [5.41, 5.74) is 2.77. The lowest BCUT2D eigenvalue weighted by molar-refractivity contribution is -0.259. The second-order valence-corrected chi connectivity index (χ2v) is 20.2.